The van der Waals surface area contributed by atoms with E-state index in [1.54, 1.807) is 20.3 Å². The van der Waals surface area contributed by atoms with E-state index >= 15 is 0 Å². The van der Waals surface area contributed by atoms with Crippen LogP contribution in [0.25, 0.3) is 10.9 Å². The van der Waals surface area contributed by atoms with Crippen molar-refractivity contribution in [2.45, 2.75) is 52.0 Å². The Bertz CT molecular complexity index is 1460. The number of nitrogens with zero attached hydrogens (tertiary/aromatic N) is 1. The highest BCUT2D eigenvalue weighted by atomic mass is 16.5. The van der Waals surface area contributed by atoms with Crippen molar-refractivity contribution in [2.75, 3.05) is 20.8 Å². The minimum atomic E-state index is -0.318. The van der Waals surface area contributed by atoms with Gasteiger partial charge in [0.2, 0.25) is 0 Å². The van der Waals surface area contributed by atoms with Gasteiger partial charge in [-0.15, -0.1) is 0 Å². The number of amides is 1. The van der Waals surface area contributed by atoms with E-state index in [0.717, 1.165) is 35.7 Å². The molecular weight excluding hydrogens is 518 g/mol. The fraction of sp³-hybridized carbons (Fsp3) is 0.387. The van der Waals surface area contributed by atoms with E-state index < -0.39 is 0 Å². The number of amidine groups is 1. The van der Waals surface area contributed by atoms with Gasteiger partial charge in [-0.25, -0.2) is 0 Å². The molecule has 0 bridgehead atoms. The summed E-state index contributed by atoms with van der Waals surface area (Å²) in [4.78, 5) is 21.3. The molecule has 0 fully saturated rings. The Balaban J connectivity index is 1.58. The van der Waals surface area contributed by atoms with Gasteiger partial charge in [0.15, 0.2) is 0 Å². The van der Waals surface area contributed by atoms with E-state index in [0.29, 0.717) is 65.1 Å². The number of ether oxygens (including phenoxy) is 2. The van der Waals surface area contributed by atoms with Crippen molar-refractivity contribution in [2.24, 2.45) is 22.4 Å². The van der Waals surface area contributed by atoms with Gasteiger partial charge in [0.1, 0.15) is 23.0 Å². The van der Waals surface area contributed by atoms with E-state index in [1.165, 1.54) is 0 Å². The van der Waals surface area contributed by atoms with E-state index in [4.69, 9.17) is 25.9 Å². The lowest BCUT2D eigenvalue weighted by atomic mass is 9.87. The molecule has 1 aromatic heterocycles. The maximum atomic E-state index is 13.2. The first kappa shape index (κ1) is 29.7. The molecule has 41 heavy (non-hydrogen) atoms. The highest BCUT2D eigenvalue weighted by molar-refractivity contribution is 6.24. The second-order valence-corrected chi connectivity index (χ2v) is 10.2. The molecule has 10 heteroatoms. The summed E-state index contributed by atoms with van der Waals surface area (Å²) in [7, 11) is 3.15. The van der Waals surface area contributed by atoms with Crippen LogP contribution in [-0.4, -0.2) is 49.2 Å². The molecule has 1 amide bonds. The molecule has 1 aromatic carbocycles. The van der Waals surface area contributed by atoms with Crippen molar-refractivity contribution >= 4 is 28.4 Å². The number of nitrogens with one attached hydrogen (secondary N) is 4. The molecule has 2 unspecified atom stereocenters. The molecule has 2 aliphatic rings. The second kappa shape index (κ2) is 13.4. The Labute approximate surface area is 241 Å². The summed E-state index contributed by atoms with van der Waals surface area (Å²) >= 11 is 0. The van der Waals surface area contributed by atoms with Gasteiger partial charge < -0.3 is 42.0 Å². The summed E-state index contributed by atoms with van der Waals surface area (Å²) < 4.78 is 11.1. The number of hydrogen-bond acceptors (Lipinski definition) is 7. The standard InChI is InChI=1S/C31H41N7O3/c1-5-18-14-22(33)28(30(35-17-18)36-20(6-2)12-13-32)29(34)19-10-11-24(27(15-19)41-4)38-31(39)25-16-21-23(37-25)8-7-9-26(21)40-3/h7-9,11,15-17,19-20,34,37H,5-6,10,12-14,32-33H2,1-4H3,(H,35,36)(H,38,39). The van der Waals surface area contributed by atoms with Gasteiger partial charge in [-0.3, -0.25) is 9.79 Å². The van der Waals surface area contributed by atoms with Crippen molar-refractivity contribution in [3.05, 3.63) is 76.6 Å². The molecule has 2 aromatic rings. The summed E-state index contributed by atoms with van der Waals surface area (Å²) in [6.07, 6.45) is 9.17. The second-order valence-electron chi connectivity index (χ2n) is 10.2. The Hall–Kier alpha value is -4.31. The van der Waals surface area contributed by atoms with E-state index in [1.807, 2.05) is 36.6 Å². The smallest absolute Gasteiger partial charge is 0.272 e. The number of carbonyl (C=O) groups is 1. The Morgan fingerprint density at radius 2 is 2.07 bits per heavy atom. The van der Waals surface area contributed by atoms with Crippen LogP contribution in [0.15, 0.2) is 75.9 Å². The zero-order chi connectivity index (χ0) is 29.5. The number of nitrogens with two attached hydrogens (primary N) is 2. The van der Waals surface area contributed by atoms with Crippen LogP contribution in [-0.2, 0) is 4.74 Å². The summed E-state index contributed by atoms with van der Waals surface area (Å²) in [5, 5.41) is 16.3. The maximum Gasteiger partial charge on any atom is 0.272 e. The summed E-state index contributed by atoms with van der Waals surface area (Å²) in [5.41, 5.74) is 16.9. The zero-order valence-corrected chi connectivity index (χ0v) is 24.3. The summed E-state index contributed by atoms with van der Waals surface area (Å²) in [6, 6.07) is 7.40. The van der Waals surface area contributed by atoms with Crippen molar-refractivity contribution in [1.29, 1.82) is 5.41 Å². The molecule has 4 rings (SSSR count). The molecule has 0 spiro atoms. The number of carbonyl (C=O) groups excluding carboxylic acids is 1. The first-order chi connectivity index (χ1) is 19.8. The molecule has 0 saturated carbocycles. The van der Waals surface area contributed by atoms with Crippen LogP contribution in [0.4, 0.5) is 0 Å². The quantitative estimate of drug-likeness (QED) is 0.224. The molecule has 2 heterocycles. The number of benzene rings is 1. The minimum Gasteiger partial charge on any atom is -0.496 e. The normalized spacial score (nSPS) is 19.1. The zero-order valence-electron chi connectivity index (χ0n) is 24.3. The first-order valence-corrected chi connectivity index (χ1v) is 14.1. The van der Waals surface area contributed by atoms with Gasteiger partial charge in [0, 0.05) is 35.1 Å². The van der Waals surface area contributed by atoms with Gasteiger partial charge in [-0.1, -0.05) is 26.0 Å². The van der Waals surface area contributed by atoms with Crippen LogP contribution in [0.5, 0.6) is 5.75 Å². The first-order valence-electron chi connectivity index (χ1n) is 14.1. The molecule has 0 saturated heterocycles. The Kier molecular flexibility index (Phi) is 9.67. The third kappa shape index (κ3) is 6.54. The highest BCUT2D eigenvalue weighted by Crippen LogP contribution is 2.30. The van der Waals surface area contributed by atoms with Gasteiger partial charge in [-0.2, -0.15) is 0 Å². The molecular formula is C31H41N7O3. The Morgan fingerprint density at radius 3 is 2.76 bits per heavy atom. The largest absolute Gasteiger partial charge is 0.496 e. The molecule has 218 valence electrons. The van der Waals surface area contributed by atoms with Crippen LogP contribution >= 0.6 is 0 Å². The molecule has 0 radical (unpaired) electrons. The van der Waals surface area contributed by atoms with Crippen LogP contribution in [0.2, 0.25) is 0 Å². The summed E-state index contributed by atoms with van der Waals surface area (Å²) in [5.74, 6) is 1.15. The monoisotopic (exact) mass is 559 g/mol. The fourth-order valence-electron chi connectivity index (χ4n) is 5.12. The lowest BCUT2D eigenvalue weighted by molar-refractivity contribution is 0.0958. The molecule has 10 nitrogen and oxygen atoms in total. The highest BCUT2D eigenvalue weighted by Gasteiger charge is 2.29. The van der Waals surface area contributed by atoms with Crippen LogP contribution in [0, 0.1) is 11.3 Å². The lowest BCUT2D eigenvalue weighted by Gasteiger charge is -2.24. The molecule has 1 aliphatic carbocycles. The molecule has 1 aliphatic heterocycles. The molecule has 8 N–H and O–H groups in total. The number of rotatable bonds is 11. The number of allylic oxidation sites excluding steroid dienone is 3. The SMILES string of the molecule is CCC1=CNC(=NC(CC)CCN)C(C(=N)C2C=C(OC)C(NC(=O)c3cc4c(OC)cccc4[nH]3)=CC2)=C(N)C1. The number of aromatic amines is 1. The number of methoxy groups -OCH3 is 2. The third-order valence-electron chi connectivity index (χ3n) is 7.52. The van der Waals surface area contributed by atoms with Crippen LogP contribution in [0.3, 0.4) is 0 Å². The maximum absolute atomic E-state index is 13.2. The fourth-order valence-corrected chi connectivity index (χ4v) is 5.12. The van der Waals surface area contributed by atoms with Crippen molar-refractivity contribution in [3.8, 4) is 5.75 Å². The predicted molar refractivity (Wildman–Crippen MR) is 164 cm³/mol. The number of hydrogen-bond donors (Lipinski definition) is 6. The topological polar surface area (TPSA) is 164 Å². The number of fused-ring (bicyclic) bond motifs is 1. The van der Waals surface area contributed by atoms with Crippen molar-refractivity contribution in [1.82, 2.24) is 15.6 Å². The average Bonchev–Trinajstić information content (AvgIpc) is 3.36. The van der Waals surface area contributed by atoms with Gasteiger partial charge in [-0.05, 0) is 62.1 Å². The van der Waals surface area contributed by atoms with Crippen LogP contribution in [0.1, 0.15) is 56.4 Å². The van der Waals surface area contributed by atoms with E-state index in [9.17, 15) is 10.2 Å². The average molecular weight is 560 g/mol. The van der Waals surface area contributed by atoms with E-state index in [-0.39, 0.29) is 17.9 Å². The molecule has 2 atom stereocenters. The predicted octanol–water partition coefficient (Wildman–Crippen LogP) is 4.39. The third-order valence-corrected chi connectivity index (χ3v) is 7.52. The van der Waals surface area contributed by atoms with Crippen molar-refractivity contribution < 1.29 is 14.3 Å². The summed E-state index contributed by atoms with van der Waals surface area (Å²) in [6.45, 7) is 4.69. The Morgan fingerprint density at radius 1 is 1.27 bits per heavy atom. The van der Waals surface area contributed by atoms with Gasteiger partial charge >= 0.3 is 0 Å². The van der Waals surface area contributed by atoms with Crippen LogP contribution < -0.4 is 26.8 Å². The van der Waals surface area contributed by atoms with E-state index in [2.05, 4.69) is 29.5 Å². The number of aromatic nitrogens is 1. The van der Waals surface area contributed by atoms with Gasteiger partial charge in [0.25, 0.3) is 5.91 Å². The van der Waals surface area contributed by atoms with Gasteiger partial charge in [0.05, 0.1) is 37.2 Å². The van der Waals surface area contributed by atoms with Crippen molar-refractivity contribution in [3.63, 3.8) is 0 Å². The lowest BCUT2D eigenvalue weighted by Crippen LogP contribution is -2.33. The number of aliphatic imine (C=N–C) groups is 1. The number of H-pyrrole nitrogens is 1. The minimum absolute atomic E-state index is 0.0254.